The molecule has 27 valence electrons. The van der Waals surface area contributed by atoms with Crippen molar-refractivity contribution in [1.29, 1.82) is 0 Å². The van der Waals surface area contributed by atoms with Crippen LogP contribution in [0.2, 0.25) is 0 Å². The fraction of sp³-hybridized carbons (Fsp3) is 0. The van der Waals surface area contributed by atoms with Crippen LogP contribution in [0.1, 0.15) is 0 Å². The zero-order valence-electron chi connectivity index (χ0n) is 2.72. The van der Waals surface area contributed by atoms with Crippen molar-refractivity contribution in [3.8, 4) is 0 Å². The van der Waals surface area contributed by atoms with Gasteiger partial charge in [0.2, 0.25) is 0 Å². The van der Waals surface area contributed by atoms with Crippen molar-refractivity contribution in [2.75, 3.05) is 0 Å². The predicted molar refractivity (Wildman–Crippen MR) is 14.6 cm³/mol. The minimum Gasteiger partial charge on any atom is -0.462 e. The van der Waals surface area contributed by atoms with Crippen molar-refractivity contribution in [1.82, 2.24) is 0 Å². The van der Waals surface area contributed by atoms with E-state index in [1.165, 1.54) is 0 Å². The summed E-state index contributed by atoms with van der Waals surface area (Å²) in [6.07, 6.45) is 0.528. The summed E-state index contributed by atoms with van der Waals surface area (Å²) in [6.45, 7) is 0.944. The molecular formula is C2H4NOY-. The molecule has 0 heterocycles. The summed E-state index contributed by atoms with van der Waals surface area (Å²) in [6, 6.07) is 0. The van der Waals surface area contributed by atoms with Gasteiger partial charge in [-0.3, -0.25) is 6.54 Å². The normalized spacial score (nSPS) is 4.20. The van der Waals surface area contributed by atoms with Crippen LogP contribution in [0.4, 0.5) is 0 Å². The van der Waals surface area contributed by atoms with E-state index in [0.717, 1.165) is 6.54 Å². The fourth-order valence-electron chi connectivity index (χ4n) is 0. The standard InChI is InChI=1S/C2H4NO.Y/c3-1-2-4;/h1-2H,3H2;/q-1;. The Bertz CT molecular complexity index is 23.6. The largest absolute Gasteiger partial charge is 0.462 e. The third-order valence-corrected chi connectivity index (χ3v) is 0.0786. The molecule has 0 aromatic rings. The molecular weight excluding hydrogens is 143 g/mol. The maximum absolute atomic E-state index is 8.99. The van der Waals surface area contributed by atoms with Gasteiger partial charge in [-0.25, -0.2) is 0 Å². The van der Waals surface area contributed by atoms with Crippen molar-refractivity contribution in [2.24, 2.45) is 5.73 Å². The van der Waals surface area contributed by atoms with Gasteiger partial charge in [0.05, 0.1) is 0 Å². The van der Waals surface area contributed by atoms with Gasteiger partial charge < -0.3 is 10.5 Å². The summed E-state index contributed by atoms with van der Waals surface area (Å²) < 4.78 is 0. The predicted octanol–water partition coefficient (Wildman–Crippen LogP) is -0.697. The molecule has 0 fully saturated rings. The molecule has 0 saturated heterocycles. The van der Waals surface area contributed by atoms with E-state index in [1.807, 2.05) is 0 Å². The van der Waals surface area contributed by atoms with Crippen LogP contribution >= 0.6 is 0 Å². The van der Waals surface area contributed by atoms with Crippen LogP contribution < -0.4 is 5.73 Å². The van der Waals surface area contributed by atoms with Gasteiger partial charge in [-0.2, -0.15) is 0 Å². The molecule has 0 aromatic carbocycles. The number of hydrogen-bond donors (Lipinski definition) is 1. The zero-order valence-corrected chi connectivity index (χ0v) is 5.56. The minimum absolute atomic E-state index is 0. The Hall–Kier alpha value is 0.604. The first-order valence-corrected chi connectivity index (χ1v) is 0.902. The molecule has 2 nitrogen and oxygen atoms in total. The molecule has 5 heavy (non-hydrogen) atoms. The summed E-state index contributed by atoms with van der Waals surface area (Å²) >= 11 is 0. The summed E-state index contributed by atoms with van der Waals surface area (Å²) in [7, 11) is 0. The van der Waals surface area contributed by atoms with Gasteiger partial charge >= 0.3 is 0 Å². The molecule has 2 N–H and O–H groups in total. The molecule has 0 unspecified atom stereocenters. The van der Waals surface area contributed by atoms with Crippen molar-refractivity contribution in [3.05, 3.63) is 6.54 Å². The molecule has 0 spiro atoms. The van der Waals surface area contributed by atoms with E-state index in [9.17, 15) is 0 Å². The molecule has 0 aliphatic rings. The van der Waals surface area contributed by atoms with E-state index in [0.29, 0.717) is 6.29 Å². The van der Waals surface area contributed by atoms with Gasteiger partial charge in [-0.15, -0.1) is 0 Å². The van der Waals surface area contributed by atoms with Gasteiger partial charge in [0.25, 0.3) is 0 Å². The van der Waals surface area contributed by atoms with Crippen LogP contribution in [0.3, 0.4) is 0 Å². The first kappa shape index (κ1) is 9.15. The third-order valence-electron chi connectivity index (χ3n) is 0.0786. The summed E-state index contributed by atoms with van der Waals surface area (Å²) in [5.74, 6) is 0. The van der Waals surface area contributed by atoms with Gasteiger partial charge in [0, 0.05) is 32.7 Å². The molecule has 0 atom stereocenters. The van der Waals surface area contributed by atoms with E-state index in [2.05, 4.69) is 5.73 Å². The third kappa shape index (κ3) is 12.1. The van der Waals surface area contributed by atoms with E-state index >= 15 is 0 Å². The number of carbonyl (C=O) groups excluding carboxylic acids is 1. The maximum Gasteiger partial charge on any atom is 0 e. The monoisotopic (exact) mass is 147 g/mol. The van der Waals surface area contributed by atoms with Gasteiger partial charge in [-0.05, 0) is 6.29 Å². The Morgan fingerprint density at radius 1 is 1.80 bits per heavy atom. The number of hydrogen-bond acceptors (Lipinski definition) is 2. The molecule has 0 aliphatic carbocycles. The van der Waals surface area contributed by atoms with Crippen LogP contribution in [0.15, 0.2) is 0 Å². The van der Waals surface area contributed by atoms with Crippen LogP contribution in [-0.2, 0) is 37.5 Å². The van der Waals surface area contributed by atoms with Crippen molar-refractivity contribution >= 4 is 6.29 Å². The van der Waals surface area contributed by atoms with Crippen LogP contribution in [0, 0.1) is 6.54 Å². The second-order valence-corrected chi connectivity index (χ2v) is 0.329. The molecule has 0 saturated carbocycles. The van der Waals surface area contributed by atoms with Crippen molar-refractivity contribution in [3.63, 3.8) is 0 Å². The van der Waals surface area contributed by atoms with Gasteiger partial charge in [0.1, 0.15) is 0 Å². The van der Waals surface area contributed by atoms with Crippen molar-refractivity contribution < 1.29 is 37.5 Å². The topological polar surface area (TPSA) is 43.1 Å². The van der Waals surface area contributed by atoms with Crippen LogP contribution in [0.25, 0.3) is 0 Å². The maximum atomic E-state index is 8.99. The average Bonchev–Trinajstić information content (AvgIpc) is 1.37. The molecule has 0 aliphatic heterocycles. The molecule has 3 heteroatoms. The Morgan fingerprint density at radius 3 is 2.00 bits per heavy atom. The smallest absolute Gasteiger partial charge is 0 e. The molecule has 0 rings (SSSR count). The Morgan fingerprint density at radius 2 is 2.00 bits per heavy atom. The van der Waals surface area contributed by atoms with E-state index in [-0.39, 0.29) is 32.7 Å². The van der Waals surface area contributed by atoms with E-state index < -0.39 is 0 Å². The summed E-state index contributed by atoms with van der Waals surface area (Å²) in [5.41, 5.74) is 4.53. The average molecular weight is 147 g/mol. The molecule has 0 bridgehead atoms. The second-order valence-electron chi connectivity index (χ2n) is 0.329. The molecule has 0 aromatic heterocycles. The fourth-order valence-corrected chi connectivity index (χ4v) is 0. The number of carbonyl (C=O) groups is 1. The first-order chi connectivity index (χ1) is 1.91. The Balaban J connectivity index is 0. The molecule has 0 amide bonds. The van der Waals surface area contributed by atoms with Crippen LogP contribution in [0.5, 0.6) is 0 Å². The van der Waals surface area contributed by atoms with Gasteiger partial charge in [-0.1, -0.05) is 0 Å². The number of rotatable bonds is 1. The van der Waals surface area contributed by atoms with Crippen molar-refractivity contribution in [2.45, 2.75) is 0 Å². The van der Waals surface area contributed by atoms with Crippen LogP contribution in [-0.4, -0.2) is 6.29 Å². The Labute approximate surface area is 56.0 Å². The minimum atomic E-state index is 0. The summed E-state index contributed by atoms with van der Waals surface area (Å²) in [5, 5.41) is 0. The first-order valence-electron chi connectivity index (χ1n) is 0.902. The quantitative estimate of drug-likeness (QED) is 0.393. The second kappa shape index (κ2) is 8.82. The van der Waals surface area contributed by atoms with Gasteiger partial charge in [0.15, 0.2) is 0 Å². The molecule has 1 radical (unpaired) electrons. The van der Waals surface area contributed by atoms with E-state index in [4.69, 9.17) is 4.79 Å². The SMILES string of the molecule is N[CH-]C=O.[Y]. The zero-order chi connectivity index (χ0) is 3.41. The Kier molecular flexibility index (Phi) is 16.1. The summed E-state index contributed by atoms with van der Waals surface area (Å²) in [4.78, 5) is 8.99. The number of aldehydes is 1. The number of nitrogens with two attached hydrogens (primary N) is 1. The van der Waals surface area contributed by atoms with E-state index in [1.54, 1.807) is 0 Å².